The minimum Gasteiger partial charge on any atom is -0.377 e. The topological polar surface area (TPSA) is 45.7 Å². The number of benzene rings is 1. The van der Waals surface area contributed by atoms with Gasteiger partial charge in [0.15, 0.2) is 5.96 Å². The Kier molecular flexibility index (Phi) is 6.53. The Morgan fingerprint density at radius 1 is 1.29 bits per heavy atom. The third kappa shape index (κ3) is 4.23. The van der Waals surface area contributed by atoms with Crippen LogP contribution in [0.25, 0.3) is 0 Å². The number of rotatable bonds is 6. The maximum absolute atomic E-state index is 5.44. The van der Waals surface area contributed by atoms with Crippen molar-refractivity contribution in [2.45, 2.75) is 38.7 Å². The lowest BCUT2D eigenvalue weighted by Crippen LogP contribution is -2.40. The molecule has 1 saturated carbocycles. The SMILES string of the molecule is CCNC(=NCC(C)(C)OC)NCC1C2Cc3ccccc3C12.I. The van der Waals surface area contributed by atoms with Crippen molar-refractivity contribution in [2.75, 3.05) is 26.7 Å². The number of hydrogen-bond acceptors (Lipinski definition) is 2. The van der Waals surface area contributed by atoms with E-state index in [-0.39, 0.29) is 29.6 Å². The molecule has 2 aliphatic carbocycles. The van der Waals surface area contributed by atoms with Crippen LogP contribution in [-0.4, -0.2) is 38.3 Å². The molecule has 2 N–H and O–H groups in total. The van der Waals surface area contributed by atoms with Crippen molar-refractivity contribution >= 4 is 29.9 Å². The number of nitrogens with one attached hydrogen (secondary N) is 2. The molecule has 0 saturated heterocycles. The van der Waals surface area contributed by atoms with E-state index in [2.05, 4.69) is 60.7 Å². The monoisotopic (exact) mass is 443 g/mol. The number of fused-ring (bicyclic) bond motifs is 3. The summed E-state index contributed by atoms with van der Waals surface area (Å²) < 4.78 is 5.44. The van der Waals surface area contributed by atoms with Crippen LogP contribution in [-0.2, 0) is 11.2 Å². The summed E-state index contributed by atoms with van der Waals surface area (Å²) in [5, 5.41) is 6.85. The van der Waals surface area contributed by atoms with Gasteiger partial charge < -0.3 is 15.4 Å². The van der Waals surface area contributed by atoms with Gasteiger partial charge in [0.05, 0.1) is 12.1 Å². The molecule has 0 aliphatic heterocycles. The van der Waals surface area contributed by atoms with Crippen molar-refractivity contribution in [1.29, 1.82) is 0 Å². The maximum Gasteiger partial charge on any atom is 0.191 e. The largest absolute Gasteiger partial charge is 0.377 e. The summed E-state index contributed by atoms with van der Waals surface area (Å²) in [6.45, 7) is 8.74. The predicted molar refractivity (Wildman–Crippen MR) is 110 cm³/mol. The molecule has 1 aromatic carbocycles. The van der Waals surface area contributed by atoms with E-state index in [0.29, 0.717) is 6.54 Å². The Hall–Kier alpha value is -0.820. The Balaban J connectivity index is 0.00000208. The number of nitrogens with zero attached hydrogens (tertiary/aromatic N) is 1. The Labute approximate surface area is 162 Å². The number of ether oxygens (including phenoxy) is 1. The first-order chi connectivity index (χ1) is 11.1. The lowest BCUT2D eigenvalue weighted by Gasteiger charge is -2.21. The van der Waals surface area contributed by atoms with Crippen LogP contribution >= 0.6 is 24.0 Å². The fraction of sp³-hybridized carbons (Fsp3) is 0.632. The normalized spacial score (nSPS) is 24.7. The molecule has 1 aromatic rings. The van der Waals surface area contributed by atoms with Crippen LogP contribution in [0.4, 0.5) is 0 Å². The van der Waals surface area contributed by atoms with E-state index in [1.54, 1.807) is 18.2 Å². The van der Waals surface area contributed by atoms with Gasteiger partial charge in [-0.15, -0.1) is 24.0 Å². The van der Waals surface area contributed by atoms with E-state index >= 15 is 0 Å². The Bertz CT molecular complexity index is 588. The third-order valence-corrected chi connectivity index (χ3v) is 5.22. The average Bonchev–Trinajstić information content (AvgIpc) is 3.08. The van der Waals surface area contributed by atoms with Crippen LogP contribution in [0.15, 0.2) is 29.3 Å². The molecule has 0 radical (unpaired) electrons. The van der Waals surface area contributed by atoms with Crippen molar-refractivity contribution < 1.29 is 4.74 Å². The standard InChI is InChI=1S/C19H29N3O.HI/c1-5-20-18(22-12-19(2,3)23-4)21-11-16-15-10-13-8-6-7-9-14(13)17(15)16;/h6-9,15-17H,5,10-12H2,1-4H3,(H2,20,21,22);1H. The first-order valence-corrected chi connectivity index (χ1v) is 8.71. The van der Waals surface area contributed by atoms with Crippen molar-refractivity contribution in [3.8, 4) is 0 Å². The highest BCUT2D eigenvalue weighted by atomic mass is 127. The van der Waals surface area contributed by atoms with E-state index in [9.17, 15) is 0 Å². The van der Waals surface area contributed by atoms with Crippen molar-refractivity contribution in [1.82, 2.24) is 10.6 Å². The minimum absolute atomic E-state index is 0. The van der Waals surface area contributed by atoms with Gasteiger partial charge in [0, 0.05) is 20.2 Å². The molecule has 0 amide bonds. The van der Waals surface area contributed by atoms with Gasteiger partial charge in [-0.25, -0.2) is 0 Å². The van der Waals surface area contributed by atoms with E-state index < -0.39 is 0 Å². The fourth-order valence-electron chi connectivity index (χ4n) is 3.65. The van der Waals surface area contributed by atoms with Gasteiger partial charge in [0.1, 0.15) is 0 Å². The number of halogens is 1. The summed E-state index contributed by atoms with van der Waals surface area (Å²) in [6, 6.07) is 8.91. The lowest BCUT2D eigenvalue weighted by molar-refractivity contribution is 0.0310. The molecule has 24 heavy (non-hydrogen) atoms. The number of aliphatic imine (C=N–C) groups is 1. The van der Waals surface area contributed by atoms with Gasteiger partial charge >= 0.3 is 0 Å². The number of guanidine groups is 1. The summed E-state index contributed by atoms with van der Waals surface area (Å²) in [7, 11) is 1.73. The van der Waals surface area contributed by atoms with Crippen LogP contribution in [0.5, 0.6) is 0 Å². The van der Waals surface area contributed by atoms with Gasteiger partial charge in [0.2, 0.25) is 0 Å². The molecule has 3 atom stereocenters. The third-order valence-electron chi connectivity index (χ3n) is 5.22. The Morgan fingerprint density at radius 3 is 2.75 bits per heavy atom. The zero-order valence-corrected chi connectivity index (χ0v) is 17.5. The second-order valence-electron chi connectivity index (χ2n) is 7.30. The molecule has 0 aromatic heterocycles. The molecule has 5 heteroatoms. The van der Waals surface area contributed by atoms with E-state index in [4.69, 9.17) is 4.74 Å². The summed E-state index contributed by atoms with van der Waals surface area (Å²) in [5.74, 6) is 3.25. The zero-order chi connectivity index (χ0) is 16.4. The fourth-order valence-corrected chi connectivity index (χ4v) is 3.65. The summed E-state index contributed by atoms with van der Waals surface area (Å²) in [4.78, 5) is 4.66. The molecule has 3 unspecified atom stereocenters. The number of methoxy groups -OCH3 is 1. The maximum atomic E-state index is 5.44. The van der Waals surface area contributed by atoms with Crippen LogP contribution in [0, 0.1) is 11.8 Å². The second-order valence-corrected chi connectivity index (χ2v) is 7.30. The van der Waals surface area contributed by atoms with Crippen LogP contribution < -0.4 is 10.6 Å². The van der Waals surface area contributed by atoms with E-state index in [1.165, 1.54) is 6.42 Å². The molecule has 134 valence electrons. The van der Waals surface area contributed by atoms with Crippen molar-refractivity contribution in [3.63, 3.8) is 0 Å². The molecule has 0 spiro atoms. The minimum atomic E-state index is -0.225. The van der Waals surface area contributed by atoms with Gasteiger partial charge in [-0.1, -0.05) is 24.3 Å². The summed E-state index contributed by atoms with van der Waals surface area (Å²) in [5.41, 5.74) is 2.91. The molecular formula is C19H30IN3O. The van der Waals surface area contributed by atoms with Gasteiger partial charge in [-0.05, 0) is 56.1 Å². The highest BCUT2D eigenvalue weighted by molar-refractivity contribution is 14.0. The Morgan fingerprint density at radius 2 is 2.04 bits per heavy atom. The van der Waals surface area contributed by atoms with Crippen molar-refractivity contribution in [2.24, 2.45) is 16.8 Å². The molecule has 4 nitrogen and oxygen atoms in total. The smallest absolute Gasteiger partial charge is 0.191 e. The molecular weight excluding hydrogens is 413 g/mol. The average molecular weight is 443 g/mol. The lowest BCUT2D eigenvalue weighted by atomic mass is 10.0. The van der Waals surface area contributed by atoms with Crippen LogP contribution in [0.3, 0.4) is 0 Å². The van der Waals surface area contributed by atoms with Gasteiger partial charge in [0.25, 0.3) is 0 Å². The summed E-state index contributed by atoms with van der Waals surface area (Å²) in [6.07, 6.45) is 1.25. The highest BCUT2D eigenvalue weighted by Gasteiger charge is 2.54. The molecule has 0 bridgehead atoms. The van der Waals surface area contributed by atoms with E-state index in [0.717, 1.165) is 36.8 Å². The molecule has 3 rings (SSSR count). The van der Waals surface area contributed by atoms with Crippen LogP contribution in [0.2, 0.25) is 0 Å². The highest BCUT2D eigenvalue weighted by Crippen LogP contribution is 2.60. The molecule has 0 heterocycles. The molecule has 1 fully saturated rings. The first-order valence-electron chi connectivity index (χ1n) is 8.71. The number of hydrogen-bond donors (Lipinski definition) is 2. The summed E-state index contributed by atoms with van der Waals surface area (Å²) >= 11 is 0. The predicted octanol–water partition coefficient (Wildman–Crippen LogP) is 3.17. The zero-order valence-electron chi connectivity index (χ0n) is 15.1. The van der Waals surface area contributed by atoms with Gasteiger partial charge in [-0.3, -0.25) is 4.99 Å². The first kappa shape index (κ1) is 19.5. The van der Waals surface area contributed by atoms with Crippen molar-refractivity contribution in [3.05, 3.63) is 35.4 Å². The second kappa shape index (κ2) is 8.04. The van der Waals surface area contributed by atoms with E-state index in [1.807, 2.05) is 0 Å². The molecule has 2 aliphatic rings. The van der Waals surface area contributed by atoms with Gasteiger partial charge in [-0.2, -0.15) is 0 Å². The van der Waals surface area contributed by atoms with Crippen LogP contribution in [0.1, 0.15) is 37.8 Å². The quantitative estimate of drug-likeness (QED) is 0.404.